The molecular formula is C10H10F2N2O2. The molecule has 0 amide bonds. The van der Waals surface area contributed by atoms with Gasteiger partial charge in [0.15, 0.2) is 0 Å². The number of alkyl halides is 2. The molecule has 16 heavy (non-hydrogen) atoms. The van der Waals surface area contributed by atoms with Crippen LogP contribution < -0.4 is 0 Å². The van der Waals surface area contributed by atoms with E-state index in [4.69, 9.17) is 9.59 Å². The second-order valence-electron chi connectivity index (χ2n) is 4.43. The van der Waals surface area contributed by atoms with Gasteiger partial charge in [-0.3, -0.25) is 5.10 Å². The average molecular weight is 228 g/mol. The average Bonchev–Trinajstić information content (AvgIpc) is 2.56. The standard InChI is InChI=1S/C9H10F2N2.CO2/c1-8-3-6-5(4-12-13-6)2-7(8)9(8,10)11;2-1-3/h4,7H,2-3H2,1H3,(H,12,13);/t7-,8+;/m0./s1. The summed E-state index contributed by atoms with van der Waals surface area (Å²) in [5.41, 5.74) is 1.07. The van der Waals surface area contributed by atoms with Crippen LogP contribution in [0, 0.1) is 11.3 Å². The van der Waals surface area contributed by atoms with Crippen LogP contribution in [0.4, 0.5) is 8.78 Å². The molecule has 2 aliphatic rings. The molecule has 0 saturated heterocycles. The lowest BCUT2D eigenvalue weighted by Gasteiger charge is -2.14. The Bertz CT molecular complexity index is 451. The quantitative estimate of drug-likeness (QED) is 0.725. The highest BCUT2D eigenvalue weighted by Crippen LogP contribution is 2.70. The lowest BCUT2D eigenvalue weighted by molar-refractivity contribution is -0.191. The van der Waals surface area contributed by atoms with E-state index in [1.165, 1.54) is 0 Å². The van der Waals surface area contributed by atoms with Crippen molar-refractivity contribution in [1.82, 2.24) is 10.2 Å². The molecule has 1 aromatic heterocycles. The van der Waals surface area contributed by atoms with Crippen LogP contribution in [0.5, 0.6) is 0 Å². The van der Waals surface area contributed by atoms with Gasteiger partial charge in [0.1, 0.15) is 0 Å². The number of hydrogen-bond acceptors (Lipinski definition) is 3. The van der Waals surface area contributed by atoms with Crippen LogP contribution in [0.3, 0.4) is 0 Å². The minimum absolute atomic E-state index is 0.250. The van der Waals surface area contributed by atoms with Crippen molar-refractivity contribution in [3.8, 4) is 0 Å². The van der Waals surface area contributed by atoms with E-state index < -0.39 is 17.3 Å². The third kappa shape index (κ3) is 1.23. The molecule has 0 spiro atoms. The highest BCUT2D eigenvalue weighted by Gasteiger charge is 2.78. The monoisotopic (exact) mass is 228 g/mol. The Morgan fingerprint density at radius 3 is 2.81 bits per heavy atom. The summed E-state index contributed by atoms with van der Waals surface area (Å²) in [4.78, 5) is 16.2. The number of nitrogens with one attached hydrogen (secondary N) is 1. The molecule has 86 valence electrons. The number of fused-ring (bicyclic) bond motifs is 2. The molecule has 2 aliphatic carbocycles. The van der Waals surface area contributed by atoms with Crippen molar-refractivity contribution in [3.63, 3.8) is 0 Å². The summed E-state index contributed by atoms with van der Waals surface area (Å²) in [5, 5.41) is 6.66. The van der Waals surface area contributed by atoms with Crippen LogP contribution in [-0.2, 0) is 22.4 Å². The van der Waals surface area contributed by atoms with Crippen molar-refractivity contribution in [3.05, 3.63) is 17.5 Å². The van der Waals surface area contributed by atoms with E-state index >= 15 is 0 Å². The summed E-state index contributed by atoms with van der Waals surface area (Å²) in [6.45, 7) is 1.67. The zero-order valence-corrected chi connectivity index (χ0v) is 8.59. The second-order valence-corrected chi connectivity index (χ2v) is 4.43. The fourth-order valence-electron chi connectivity index (χ4n) is 2.52. The number of aromatic nitrogens is 2. The fraction of sp³-hybridized carbons (Fsp3) is 0.600. The molecule has 1 fully saturated rings. The van der Waals surface area contributed by atoms with Gasteiger partial charge in [0.05, 0.1) is 6.20 Å². The number of aromatic amines is 1. The van der Waals surface area contributed by atoms with Gasteiger partial charge >= 0.3 is 6.15 Å². The normalized spacial score (nSPS) is 32.6. The highest BCUT2D eigenvalue weighted by molar-refractivity contribution is 5.33. The maximum absolute atomic E-state index is 13.3. The number of carbonyl (C=O) groups excluding carboxylic acids is 2. The van der Waals surface area contributed by atoms with Crippen LogP contribution in [0.1, 0.15) is 18.2 Å². The summed E-state index contributed by atoms with van der Waals surface area (Å²) in [7, 11) is 0. The summed E-state index contributed by atoms with van der Waals surface area (Å²) < 4.78 is 26.6. The first-order chi connectivity index (χ1) is 7.47. The molecule has 0 unspecified atom stereocenters. The zero-order chi connectivity index (χ0) is 12.0. The minimum atomic E-state index is -2.47. The van der Waals surface area contributed by atoms with Crippen LogP contribution in [0.2, 0.25) is 0 Å². The summed E-state index contributed by atoms with van der Waals surface area (Å²) in [5.74, 6) is -2.92. The summed E-state index contributed by atoms with van der Waals surface area (Å²) in [6, 6.07) is 0. The van der Waals surface area contributed by atoms with Crippen LogP contribution >= 0.6 is 0 Å². The molecular weight excluding hydrogens is 218 g/mol. The molecule has 1 N–H and O–H groups in total. The van der Waals surface area contributed by atoms with Gasteiger partial charge in [0.2, 0.25) is 0 Å². The molecule has 0 aromatic carbocycles. The zero-order valence-electron chi connectivity index (χ0n) is 8.59. The maximum atomic E-state index is 13.3. The van der Waals surface area contributed by atoms with Gasteiger partial charge in [-0.2, -0.15) is 14.7 Å². The largest absolute Gasteiger partial charge is 0.373 e. The fourth-order valence-corrected chi connectivity index (χ4v) is 2.52. The lowest BCUT2D eigenvalue weighted by atomic mass is 9.89. The van der Waals surface area contributed by atoms with Gasteiger partial charge in [0.25, 0.3) is 5.92 Å². The first-order valence-corrected chi connectivity index (χ1v) is 4.85. The smallest absolute Gasteiger partial charge is 0.282 e. The molecule has 3 rings (SSSR count). The molecule has 1 saturated carbocycles. The molecule has 1 heterocycles. The number of hydrogen-bond donors (Lipinski definition) is 1. The van der Waals surface area contributed by atoms with Gasteiger partial charge in [-0.25, -0.2) is 8.78 Å². The molecule has 0 radical (unpaired) electrons. The minimum Gasteiger partial charge on any atom is -0.282 e. The number of rotatable bonds is 0. The number of nitrogens with zero attached hydrogens (tertiary/aromatic N) is 1. The van der Waals surface area contributed by atoms with Gasteiger partial charge in [-0.15, -0.1) is 0 Å². The van der Waals surface area contributed by atoms with Crippen molar-refractivity contribution in [2.24, 2.45) is 11.3 Å². The topological polar surface area (TPSA) is 62.8 Å². The van der Waals surface area contributed by atoms with Gasteiger partial charge < -0.3 is 0 Å². The molecule has 0 bridgehead atoms. The number of H-pyrrole nitrogens is 1. The van der Waals surface area contributed by atoms with Gasteiger partial charge in [0, 0.05) is 23.4 Å². The van der Waals surface area contributed by atoms with E-state index in [1.54, 1.807) is 13.1 Å². The van der Waals surface area contributed by atoms with Crippen molar-refractivity contribution < 1.29 is 18.4 Å². The van der Waals surface area contributed by atoms with E-state index in [-0.39, 0.29) is 6.15 Å². The Labute approximate surface area is 90.0 Å². The first kappa shape index (κ1) is 11.0. The van der Waals surface area contributed by atoms with Gasteiger partial charge in [-0.1, -0.05) is 6.92 Å². The van der Waals surface area contributed by atoms with Crippen LogP contribution in [0.15, 0.2) is 6.20 Å². The third-order valence-electron chi connectivity index (χ3n) is 3.66. The summed E-state index contributed by atoms with van der Waals surface area (Å²) in [6.07, 6.45) is 2.85. The third-order valence-corrected chi connectivity index (χ3v) is 3.66. The van der Waals surface area contributed by atoms with E-state index in [1.807, 2.05) is 0 Å². The van der Waals surface area contributed by atoms with Crippen LogP contribution in [0.25, 0.3) is 0 Å². The van der Waals surface area contributed by atoms with Crippen LogP contribution in [-0.4, -0.2) is 22.3 Å². The van der Waals surface area contributed by atoms with E-state index in [0.717, 1.165) is 11.3 Å². The first-order valence-electron chi connectivity index (χ1n) is 4.85. The Balaban J connectivity index is 0.000000292. The Morgan fingerprint density at radius 1 is 1.56 bits per heavy atom. The van der Waals surface area contributed by atoms with Gasteiger partial charge in [-0.05, 0) is 12.0 Å². The Hall–Kier alpha value is -1.55. The highest BCUT2D eigenvalue weighted by atomic mass is 19.3. The van der Waals surface area contributed by atoms with Crippen molar-refractivity contribution in [1.29, 1.82) is 0 Å². The predicted molar refractivity (Wildman–Crippen MR) is 47.5 cm³/mol. The predicted octanol–water partition coefficient (Wildman–Crippen LogP) is 1.20. The SMILES string of the molecule is C[C@@]12Cc3[nH]ncc3C[C@@H]1C2(F)F.O=C=O. The maximum Gasteiger partial charge on any atom is 0.373 e. The molecule has 0 aliphatic heterocycles. The van der Waals surface area contributed by atoms with E-state index in [9.17, 15) is 8.78 Å². The summed E-state index contributed by atoms with van der Waals surface area (Å²) >= 11 is 0. The Morgan fingerprint density at radius 2 is 2.19 bits per heavy atom. The number of halogens is 2. The van der Waals surface area contributed by atoms with Crippen molar-refractivity contribution in [2.45, 2.75) is 25.7 Å². The molecule has 1 aromatic rings. The van der Waals surface area contributed by atoms with Crippen molar-refractivity contribution in [2.75, 3.05) is 0 Å². The Kier molecular flexibility index (Phi) is 2.20. The lowest BCUT2D eigenvalue weighted by Crippen LogP contribution is -2.14. The molecule has 6 heteroatoms. The van der Waals surface area contributed by atoms with Crippen molar-refractivity contribution >= 4 is 6.15 Å². The molecule has 2 atom stereocenters. The van der Waals surface area contributed by atoms with E-state index in [0.29, 0.717) is 12.8 Å². The molecule has 4 nitrogen and oxygen atoms in total. The van der Waals surface area contributed by atoms with E-state index in [2.05, 4.69) is 10.2 Å². The second kappa shape index (κ2) is 3.22.